The van der Waals surface area contributed by atoms with Gasteiger partial charge in [0.15, 0.2) is 0 Å². The van der Waals surface area contributed by atoms with Gasteiger partial charge in [-0.05, 0) is 29.6 Å². The third kappa shape index (κ3) is 2.65. The van der Waals surface area contributed by atoms with Crippen LogP contribution in [-0.4, -0.2) is 33.3 Å². The summed E-state index contributed by atoms with van der Waals surface area (Å²) in [5.74, 6) is 0.349. The highest BCUT2D eigenvalue weighted by Gasteiger charge is 2.14. The number of hydrogen-bond acceptors (Lipinski definition) is 5. The second-order valence-electron chi connectivity index (χ2n) is 5.28. The molecular formula is C17H14N4OS2. The normalized spacial score (nSPS) is 11.2. The molecule has 0 aliphatic carbocycles. The molecule has 0 spiro atoms. The highest BCUT2D eigenvalue weighted by atomic mass is 32.2. The third-order valence-electron chi connectivity index (χ3n) is 3.85. The highest BCUT2D eigenvalue weighted by molar-refractivity contribution is 8.00. The minimum Gasteiger partial charge on any atom is -0.315 e. The number of amides is 1. The average Bonchev–Trinajstić information content (AvgIpc) is 3.21. The Morgan fingerprint density at radius 3 is 2.92 bits per heavy atom. The SMILES string of the molecule is CN(C(=O)CSc1nncn2c1cc1sccc12)c1ccccc1. The van der Waals surface area contributed by atoms with Crippen LogP contribution in [0, 0.1) is 0 Å². The standard InChI is InChI=1S/C17H14N4OS2/c1-20(12-5-3-2-4-6-12)16(22)10-24-17-14-9-15-13(7-8-23-15)21(14)11-18-19-17/h2-9,11H,10H2,1H3. The molecule has 0 unspecified atom stereocenters. The number of thiophene rings is 1. The summed E-state index contributed by atoms with van der Waals surface area (Å²) in [6.07, 6.45) is 1.71. The molecule has 0 bridgehead atoms. The van der Waals surface area contributed by atoms with Gasteiger partial charge in [-0.15, -0.1) is 21.5 Å². The van der Waals surface area contributed by atoms with Crippen molar-refractivity contribution in [3.05, 3.63) is 54.2 Å². The Morgan fingerprint density at radius 2 is 2.08 bits per heavy atom. The lowest BCUT2D eigenvalue weighted by Gasteiger charge is -2.16. The lowest BCUT2D eigenvalue weighted by Crippen LogP contribution is -2.27. The van der Waals surface area contributed by atoms with Gasteiger partial charge in [-0.2, -0.15) is 0 Å². The van der Waals surface area contributed by atoms with Crippen molar-refractivity contribution in [3.63, 3.8) is 0 Å². The summed E-state index contributed by atoms with van der Waals surface area (Å²) in [5.41, 5.74) is 3.00. The third-order valence-corrected chi connectivity index (χ3v) is 5.65. The molecule has 4 aromatic rings. The quantitative estimate of drug-likeness (QED) is 0.524. The monoisotopic (exact) mass is 354 g/mol. The maximum absolute atomic E-state index is 12.4. The number of aromatic nitrogens is 3. The van der Waals surface area contributed by atoms with Crippen molar-refractivity contribution < 1.29 is 4.79 Å². The van der Waals surface area contributed by atoms with E-state index < -0.39 is 0 Å². The van der Waals surface area contributed by atoms with E-state index in [9.17, 15) is 4.79 Å². The summed E-state index contributed by atoms with van der Waals surface area (Å²) in [6, 6.07) is 13.8. The van der Waals surface area contributed by atoms with E-state index >= 15 is 0 Å². The zero-order chi connectivity index (χ0) is 16.5. The minimum atomic E-state index is 0.0309. The van der Waals surface area contributed by atoms with E-state index in [0.29, 0.717) is 5.75 Å². The van der Waals surface area contributed by atoms with Crippen LogP contribution in [0.15, 0.2) is 59.2 Å². The summed E-state index contributed by atoms with van der Waals surface area (Å²) >= 11 is 3.11. The summed E-state index contributed by atoms with van der Waals surface area (Å²) in [6.45, 7) is 0. The Kier molecular flexibility index (Phi) is 3.95. The van der Waals surface area contributed by atoms with Crippen LogP contribution in [0.3, 0.4) is 0 Å². The number of thioether (sulfide) groups is 1. The number of nitrogens with zero attached hydrogens (tertiary/aromatic N) is 4. The summed E-state index contributed by atoms with van der Waals surface area (Å²) in [7, 11) is 1.79. The molecular weight excluding hydrogens is 340 g/mol. The van der Waals surface area contributed by atoms with Crippen molar-refractivity contribution in [1.82, 2.24) is 14.6 Å². The summed E-state index contributed by atoms with van der Waals surface area (Å²) < 4.78 is 3.21. The fraction of sp³-hybridized carbons (Fsp3) is 0.118. The number of para-hydroxylation sites is 1. The molecule has 0 aliphatic heterocycles. The van der Waals surface area contributed by atoms with Crippen molar-refractivity contribution in [2.24, 2.45) is 0 Å². The Balaban J connectivity index is 1.55. The van der Waals surface area contributed by atoms with Gasteiger partial charge in [0, 0.05) is 12.7 Å². The zero-order valence-electron chi connectivity index (χ0n) is 12.9. The van der Waals surface area contributed by atoms with E-state index in [4.69, 9.17) is 0 Å². The largest absolute Gasteiger partial charge is 0.315 e. The van der Waals surface area contributed by atoms with E-state index in [1.807, 2.05) is 34.7 Å². The van der Waals surface area contributed by atoms with Crippen LogP contribution in [0.25, 0.3) is 15.7 Å². The number of carbonyl (C=O) groups is 1. The molecule has 5 nitrogen and oxygen atoms in total. The Labute approximate surface area is 146 Å². The molecule has 24 heavy (non-hydrogen) atoms. The first-order chi connectivity index (χ1) is 11.7. The van der Waals surface area contributed by atoms with Crippen LogP contribution in [0.2, 0.25) is 0 Å². The fourth-order valence-corrected chi connectivity index (χ4v) is 4.21. The molecule has 0 N–H and O–H groups in total. The lowest BCUT2D eigenvalue weighted by atomic mass is 10.3. The van der Waals surface area contributed by atoms with E-state index in [1.54, 1.807) is 29.6 Å². The summed E-state index contributed by atoms with van der Waals surface area (Å²) in [5, 5.41) is 11.1. The predicted molar refractivity (Wildman–Crippen MR) is 98.9 cm³/mol. The molecule has 1 amide bonds. The first-order valence-corrected chi connectivity index (χ1v) is 9.25. The topological polar surface area (TPSA) is 50.5 Å². The second kappa shape index (κ2) is 6.26. The second-order valence-corrected chi connectivity index (χ2v) is 7.19. The number of hydrogen-bond donors (Lipinski definition) is 0. The van der Waals surface area contributed by atoms with Crippen LogP contribution >= 0.6 is 23.1 Å². The molecule has 0 atom stereocenters. The van der Waals surface area contributed by atoms with Gasteiger partial charge in [-0.1, -0.05) is 30.0 Å². The molecule has 0 saturated carbocycles. The molecule has 7 heteroatoms. The van der Waals surface area contributed by atoms with Gasteiger partial charge in [0.2, 0.25) is 5.91 Å². The number of carbonyl (C=O) groups excluding carboxylic acids is 1. The van der Waals surface area contributed by atoms with Crippen molar-refractivity contribution in [1.29, 1.82) is 0 Å². The Bertz CT molecular complexity index is 1010. The maximum Gasteiger partial charge on any atom is 0.237 e. The molecule has 120 valence electrons. The van der Waals surface area contributed by atoms with Crippen molar-refractivity contribution in [2.45, 2.75) is 5.03 Å². The molecule has 3 aromatic heterocycles. The smallest absolute Gasteiger partial charge is 0.237 e. The lowest BCUT2D eigenvalue weighted by molar-refractivity contribution is -0.115. The van der Waals surface area contributed by atoms with E-state index in [-0.39, 0.29) is 5.91 Å². The Hall–Kier alpha value is -2.38. The van der Waals surface area contributed by atoms with Gasteiger partial charge >= 0.3 is 0 Å². The highest BCUT2D eigenvalue weighted by Crippen LogP contribution is 2.29. The molecule has 0 aliphatic rings. The molecule has 0 radical (unpaired) electrons. The van der Waals surface area contributed by atoms with Gasteiger partial charge in [0.05, 0.1) is 21.5 Å². The average molecular weight is 354 g/mol. The van der Waals surface area contributed by atoms with Crippen molar-refractivity contribution in [2.75, 3.05) is 17.7 Å². The maximum atomic E-state index is 12.4. The van der Waals surface area contributed by atoms with Gasteiger partial charge in [0.25, 0.3) is 0 Å². The number of rotatable bonds is 4. The van der Waals surface area contributed by atoms with Crippen LogP contribution in [0.4, 0.5) is 5.69 Å². The molecule has 3 heterocycles. The molecule has 0 saturated heterocycles. The molecule has 0 fully saturated rings. The molecule has 4 rings (SSSR count). The van der Waals surface area contributed by atoms with E-state index in [0.717, 1.165) is 21.7 Å². The van der Waals surface area contributed by atoms with Gasteiger partial charge in [0.1, 0.15) is 11.4 Å². The van der Waals surface area contributed by atoms with Crippen LogP contribution in [-0.2, 0) is 4.79 Å². The van der Waals surface area contributed by atoms with E-state index in [2.05, 4.69) is 27.7 Å². The first kappa shape index (κ1) is 15.2. The number of fused-ring (bicyclic) bond motifs is 3. The first-order valence-electron chi connectivity index (χ1n) is 7.38. The zero-order valence-corrected chi connectivity index (χ0v) is 14.5. The Morgan fingerprint density at radius 1 is 1.25 bits per heavy atom. The fourth-order valence-electron chi connectivity index (χ4n) is 2.54. The number of anilines is 1. The summed E-state index contributed by atoms with van der Waals surface area (Å²) in [4.78, 5) is 14.1. The van der Waals surface area contributed by atoms with Crippen molar-refractivity contribution in [3.8, 4) is 0 Å². The van der Waals surface area contributed by atoms with Gasteiger partial charge in [-0.25, -0.2) is 0 Å². The van der Waals surface area contributed by atoms with Crippen molar-refractivity contribution >= 4 is 50.4 Å². The van der Waals surface area contributed by atoms with Gasteiger partial charge < -0.3 is 4.90 Å². The molecule has 1 aromatic carbocycles. The van der Waals surface area contributed by atoms with Gasteiger partial charge in [-0.3, -0.25) is 9.20 Å². The van der Waals surface area contributed by atoms with E-state index in [1.165, 1.54) is 16.5 Å². The van der Waals surface area contributed by atoms with Crippen LogP contribution in [0.5, 0.6) is 0 Å². The predicted octanol–water partition coefficient (Wildman–Crippen LogP) is 3.70. The number of benzene rings is 1. The van der Waals surface area contributed by atoms with Crippen LogP contribution in [0.1, 0.15) is 0 Å². The minimum absolute atomic E-state index is 0.0309. The van der Waals surface area contributed by atoms with Crippen LogP contribution < -0.4 is 4.90 Å².